The quantitative estimate of drug-likeness (QED) is 0.896. The van der Waals surface area contributed by atoms with Crippen molar-refractivity contribution >= 4 is 35.6 Å². The van der Waals surface area contributed by atoms with E-state index >= 15 is 0 Å². The summed E-state index contributed by atoms with van der Waals surface area (Å²) in [5.74, 6) is -0.707. The Morgan fingerprint density at radius 2 is 2.35 bits per heavy atom. The number of nitrogens with one attached hydrogen (secondary N) is 2. The van der Waals surface area contributed by atoms with E-state index in [2.05, 4.69) is 22.5 Å². The Morgan fingerprint density at radius 1 is 1.60 bits per heavy atom. The Balaban J connectivity index is 0.00000200. The van der Waals surface area contributed by atoms with Gasteiger partial charge in [0.15, 0.2) is 0 Å². The first kappa shape index (κ1) is 17.2. The molecular formula is C13H18Cl2FN3O. The molecule has 7 heteroatoms. The van der Waals surface area contributed by atoms with E-state index in [1.165, 1.54) is 18.2 Å². The Labute approximate surface area is 129 Å². The van der Waals surface area contributed by atoms with E-state index in [-0.39, 0.29) is 30.5 Å². The first-order chi connectivity index (χ1) is 9.06. The second kappa shape index (κ2) is 7.78. The fourth-order valence-electron chi connectivity index (χ4n) is 2.09. The van der Waals surface area contributed by atoms with E-state index in [0.717, 1.165) is 19.6 Å². The molecule has 2 rings (SSSR count). The van der Waals surface area contributed by atoms with Gasteiger partial charge in [0.25, 0.3) is 0 Å². The molecule has 1 saturated heterocycles. The number of benzene rings is 1. The van der Waals surface area contributed by atoms with Gasteiger partial charge in [0.1, 0.15) is 5.82 Å². The average Bonchev–Trinajstić information content (AvgIpc) is 2.37. The number of halogens is 3. The zero-order chi connectivity index (χ0) is 13.8. The van der Waals surface area contributed by atoms with Gasteiger partial charge in [-0.3, -0.25) is 9.69 Å². The van der Waals surface area contributed by atoms with Crippen molar-refractivity contribution in [1.29, 1.82) is 0 Å². The van der Waals surface area contributed by atoms with Crippen LogP contribution in [0.15, 0.2) is 18.2 Å². The molecule has 1 amide bonds. The van der Waals surface area contributed by atoms with Crippen molar-refractivity contribution in [2.75, 3.05) is 31.5 Å². The number of anilines is 1. The maximum absolute atomic E-state index is 13.5. The molecule has 0 unspecified atom stereocenters. The lowest BCUT2D eigenvalue weighted by Crippen LogP contribution is -2.52. The van der Waals surface area contributed by atoms with Crippen LogP contribution >= 0.6 is 24.0 Å². The van der Waals surface area contributed by atoms with Crippen LogP contribution in [0.2, 0.25) is 5.02 Å². The summed E-state index contributed by atoms with van der Waals surface area (Å²) in [5.41, 5.74) is 0.125. The minimum absolute atomic E-state index is 0. The highest BCUT2D eigenvalue weighted by atomic mass is 35.5. The largest absolute Gasteiger partial charge is 0.322 e. The summed E-state index contributed by atoms with van der Waals surface area (Å²) in [4.78, 5) is 14.0. The molecule has 2 N–H and O–H groups in total. The van der Waals surface area contributed by atoms with Crippen LogP contribution in [-0.2, 0) is 4.79 Å². The Morgan fingerprint density at radius 3 is 3.05 bits per heavy atom. The van der Waals surface area contributed by atoms with E-state index in [1.807, 2.05) is 0 Å². The predicted octanol–water partition coefficient (Wildman–Crippen LogP) is 2.13. The minimum Gasteiger partial charge on any atom is -0.322 e. The first-order valence-corrected chi connectivity index (χ1v) is 6.64. The van der Waals surface area contributed by atoms with Crippen LogP contribution in [0, 0.1) is 5.82 Å². The number of carbonyl (C=O) groups is 1. The second-order valence-electron chi connectivity index (χ2n) is 4.70. The number of hydrogen-bond donors (Lipinski definition) is 2. The van der Waals surface area contributed by atoms with Gasteiger partial charge in [-0.15, -0.1) is 12.4 Å². The normalized spacial score (nSPS) is 19.2. The number of amides is 1. The molecule has 4 nitrogen and oxygen atoms in total. The molecule has 0 aliphatic carbocycles. The van der Waals surface area contributed by atoms with E-state index in [1.54, 1.807) is 0 Å². The van der Waals surface area contributed by atoms with Gasteiger partial charge in [-0.05, 0) is 25.1 Å². The Hall–Kier alpha value is -0.880. The fourth-order valence-corrected chi connectivity index (χ4v) is 2.26. The summed E-state index contributed by atoms with van der Waals surface area (Å²) in [6, 6.07) is 4.40. The van der Waals surface area contributed by atoms with Gasteiger partial charge >= 0.3 is 0 Å². The average molecular weight is 322 g/mol. The van der Waals surface area contributed by atoms with Crippen molar-refractivity contribution in [3.05, 3.63) is 29.0 Å². The molecule has 1 atom stereocenters. The lowest BCUT2D eigenvalue weighted by Gasteiger charge is -2.33. The Kier molecular flexibility index (Phi) is 6.68. The van der Waals surface area contributed by atoms with Crippen molar-refractivity contribution in [1.82, 2.24) is 10.2 Å². The molecule has 112 valence electrons. The first-order valence-electron chi connectivity index (χ1n) is 6.26. The molecule has 0 radical (unpaired) electrons. The van der Waals surface area contributed by atoms with Crippen LogP contribution in [0.3, 0.4) is 0 Å². The summed E-state index contributed by atoms with van der Waals surface area (Å²) >= 11 is 5.78. The highest BCUT2D eigenvalue weighted by Gasteiger charge is 2.20. The van der Waals surface area contributed by atoms with Gasteiger partial charge in [-0.1, -0.05) is 11.6 Å². The lowest BCUT2D eigenvalue weighted by molar-refractivity contribution is -0.118. The highest BCUT2D eigenvalue weighted by molar-refractivity contribution is 6.30. The number of piperazine rings is 1. The van der Waals surface area contributed by atoms with Crippen LogP contribution in [-0.4, -0.2) is 43.0 Å². The molecule has 1 heterocycles. The van der Waals surface area contributed by atoms with Gasteiger partial charge in [0.05, 0.1) is 12.2 Å². The van der Waals surface area contributed by atoms with Gasteiger partial charge in [-0.25, -0.2) is 4.39 Å². The third-order valence-electron chi connectivity index (χ3n) is 3.19. The molecule has 1 fully saturated rings. The van der Waals surface area contributed by atoms with Gasteiger partial charge in [0, 0.05) is 30.7 Å². The number of nitrogens with zero attached hydrogens (tertiary/aromatic N) is 1. The summed E-state index contributed by atoms with van der Waals surface area (Å²) < 4.78 is 13.5. The molecule has 1 aliphatic heterocycles. The SMILES string of the molecule is C[C@@H]1CNCCN1CC(=O)Nc1cc(Cl)ccc1F.Cl. The summed E-state index contributed by atoms with van der Waals surface area (Å²) in [5, 5.41) is 6.21. The van der Waals surface area contributed by atoms with Crippen molar-refractivity contribution in [2.45, 2.75) is 13.0 Å². The van der Waals surface area contributed by atoms with Crippen molar-refractivity contribution in [3.8, 4) is 0 Å². The molecule has 0 spiro atoms. The zero-order valence-corrected chi connectivity index (χ0v) is 12.7. The Bertz CT molecular complexity index is 473. The molecule has 0 bridgehead atoms. The maximum Gasteiger partial charge on any atom is 0.238 e. The highest BCUT2D eigenvalue weighted by Crippen LogP contribution is 2.19. The third kappa shape index (κ3) is 4.59. The number of rotatable bonds is 3. The second-order valence-corrected chi connectivity index (χ2v) is 5.13. The lowest BCUT2D eigenvalue weighted by atomic mass is 10.2. The molecule has 1 aliphatic rings. The molecule has 1 aromatic carbocycles. The monoisotopic (exact) mass is 321 g/mol. The zero-order valence-electron chi connectivity index (χ0n) is 11.2. The van der Waals surface area contributed by atoms with Crippen LogP contribution in [0.4, 0.5) is 10.1 Å². The fraction of sp³-hybridized carbons (Fsp3) is 0.462. The summed E-state index contributed by atoms with van der Waals surface area (Å²) in [7, 11) is 0. The predicted molar refractivity (Wildman–Crippen MR) is 81.2 cm³/mol. The van der Waals surface area contributed by atoms with Gasteiger partial charge in [-0.2, -0.15) is 0 Å². The maximum atomic E-state index is 13.5. The third-order valence-corrected chi connectivity index (χ3v) is 3.42. The smallest absolute Gasteiger partial charge is 0.238 e. The van der Waals surface area contributed by atoms with Crippen LogP contribution in [0.5, 0.6) is 0 Å². The molecule has 20 heavy (non-hydrogen) atoms. The van der Waals surface area contributed by atoms with Gasteiger partial charge < -0.3 is 10.6 Å². The van der Waals surface area contributed by atoms with Crippen LogP contribution < -0.4 is 10.6 Å². The molecule has 0 aromatic heterocycles. The van der Waals surface area contributed by atoms with Crippen LogP contribution in [0.1, 0.15) is 6.92 Å². The van der Waals surface area contributed by atoms with Crippen molar-refractivity contribution in [3.63, 3.8) is 0 Å². The van der Waals surface area contributed by atoms with Crippen molar-refractivity contribution < 1.29 is 9.18 Å². The number of hydrogen-bond acceptors (Lipinski definition) is 3. The standard InChI is InChI=1S/C13H17ClFN3O.ClH/c1-9-7-16-4-5-18(9)8-13(19)17-12-6-10(14)2-3-11(12)15;/h2-3,6,9,16H,4-5,7-8H2,1H3,(H,17,19);1H/t9-;/m1./s1. The summed E-state index contributed by atoms with van der Waals surface area (Å²) in [6.45, 7) is 4.85. The van der Waals surface area contributed by atoms with E-state index in [9.17, 15) is 9.18 Å². The molecule has 1 aromatic rings. The molecular weight excluding hydrogens is 304 g/mol. The summed E-state index contributed by atoms with van der Waals surface area (Å²) in [6.07, 6.45) is 0. The minimum atomic E-state index is -0.480. The van der Waals surface area contributed by atoms with E-state index < -0.39 is 5.82 Å². The number of carbonyl (C=O) groups excluding carboxylic acids is 1. The van der Waals surface area contributed by atoms with E-state index in [0.29, 0.717) is 11.1 Å². The topological polar surface area (TPSA) is 44.4 Å². The van der Waals surface area contributed by atoms with Gasteiger partial charge in [0.2, 0.25) is 5.91 Å². The van der Waals surface area contributed by atoms with E-state index in [4.69, 9.17) is 11.6 Å². The van der Waals surface area contributed by atoms with Crippen LogP contribution in [0.25, 0.3) is 0 Å². The molecule has 0 saturated carbocycles. The van der Waals surface area contributed by atoms with Crippen molar-refractivity contribution in [2.24, 2.45) is 0 Å².